The van der Waals surface area contributed by atoms with Crippen molar-refractivity contribution in [3.63, 3.8) is 0 Å². The van der Waals surface area contributed by atoms with Gasteiger partial charge < -0.3 is 5.32 Å². The van der Waals surface area contributed by atoms with Crippen LogP contribution in [0, 0.1) is 25.2 Å². The summed E-state index contributed by atoms with van der Waals surface area (Å²) >= 11 is 0. The van der Waals surface area contributed by atoms with Crippen LogP contribution in [0.2, 0.25) is 0 Å². The first kappa shape index (κ1) is 18.4. The second-order valence-electron chi connectivity index (χ2n) is 6.57. The van der Waals surface area contributed by atoms with E-state index in [2.05, 4.69) is 35.5 Å². The molecule has 0 aliphatic heterocycles. The van der Waals surface area contributed by atoms with E-state index >= 15 is 0 Å². The van der Waals surface area contributed by atoms with E-state index in [0.717, 1.165) is 23.5 Å². The quantitative estimate of drug-likeness (QED) is 0.669. The summed E-state index contributed by atoms with van der Waals surface area (Å²) in [5.74, 6) is -0.0226. The van der Waals surface area contributed by atoms with Gasteiger partial charge in [0, 0.05) is 23.4 Å². The third-order valence-corrected chi connectivity index (χ3v) is 4.71. The van der Waals surface area contributed by atoms with Crippen LogP contribution in [0.25, 0.3) is 0 Å². The average Bonchev–Trinajstić information content (AvgIpc) is 2.93. The number of rotatable bonds is 6. The van der Waals surface area contributed by atoms with Gasteiger partial charge in [-0.1, -0.05) is 30.3 Å². The van der Waals surface area contributed by atoms with Crippen LogP contribution in [0.5, 0.6) is 0 Å². The Morgan fingerprint density at radius 1 is 1.19 bits per heavy atom. The van der Waals surface area contributed by atoms with Crippen LogP contribution in [0.3, 0.4) is 0 Å². The number of anilines is 1. The molecule has 0 saturated carbocycles. The minimum absolute atomic E-state index is 0.0226. The number of hydrogen-bond donors (Lipinski definition) is 1. The van der Waals surface area contributed by atoms with Gasteiger partial charge in [0.05, 0.1) is 23.5 Å². The second-order valence-corrected chi connectivity index (χ2v) is 6.57. The van der Waals surface area contributed by atoms with Crippen LogP contribution in [-0.2, 0) is 13.1 Å². The van der Waals surface area contributed by atoms with Crippen molar-refractivity contribution >= 4 is 11.5 Å². The molecule has 136 valence electrons. The molecular formula is C22H22N4O. The van der Waals surface area contributed by atoms with Gasteiger partial charge in [-0.3, -0.25) is 9.48 Å². The first-order chi connectivity index (χ1) is 13.0. The second kappa shape index (κ2) is 7.88. The summed E-state index contributed by atoms with van der Waals surface area (Å²) in [6.45, 7) is 6.83. The number of carbonyl (C=O) groups is 1. The first-order valence-corrected chi connectivity index (χ1v) is 8.85. The van der Waals surface area contributed by atoms with E-state index in [1.54, 1.807) is 18.2 Å². The molecule has 0 bridgehead atoms. The van der Waals surface area contributed by atoms with Gasteiger partial charge in [0.1, 0.15) is 6.07 Å². The lowest BCUT2D eigenvalue weighted by atomic mass is 10.1. The summed E-state index contributed by atoms with van der Waals surface area (Å²) in [6.07, 6.45) is 0. The third-order valence-electron chi connectivity index (χ3n) is 4.71. The van der Waals surface area contributed by atoms with E-state index in [4.69, 9.17) is 0 Å². The van der Waals surface area contributed by atoms with Crippen molar-refractivity contribution in [3.05, 3.63) is 82.2 Å². The highest BCUT2D eigenvalue weighted by molar-refractivity contribution is 5.95. The maximum Gasteiger partial charge on any atom is 0.159 e. The number of hydrogen-bond acceptors (Lipinski definition) is 4. The maximum atomic E-state index is 11.6. The Bertz CT molecular complexity index is 1010. The first-order valence-electron chi connectivity index (χ1n) is 8.85. The third kappa shape index (κ3) is 4.06. The van der Waals surface area contributed by atoms with Crippen molar-refractivity contribution in [2.75, 3.05) is 5.32 Å². The van der Waals surface area contributed by atoms with E-state index in [-0.39, 0.29) is 5.78 Å². The van der Waals surface area contributed by atoms with Crippen molar-refractivity contribution in [3.8, 4) is 6.07 Å². The lowest BCUT2D eigenvalue weighted by Gasteiger charge is -2.10. The van der Waals surface area contributed by atoms with Crippen LogP contribution >= 0.6 is 0 Å². The Morgan fingerprint density at radius 2 is 1.93 bits per heavy atom. The Hall–Kier alpha value is -3.39. The Balaban J connectivity index is 1.82. The van der Waals surface area contributed by atoms with Crippen molar-refractivity contribution < 1.29 is 4.79 Å². The molecule has 1 aromatic heterocycles. The monoisotopic (exact) mass is 358 g/mol. The maximum absolute atomic E-state index is 11.6. The van der Waals surface area contributed by atoms with E-state index in [9.17, 15) is 10.1 Å². The molecule has 0 radical (unpaired) electrons. The van der Waals surface area contributed by atoms with Gasteiger partial charge in [-0.15, -0.1) is 0 Å². The topological polar surface area (TPSA) is 70.7 Å². The zero-order chi connectivity index (χ0) is 19.4. The molecule has 0 spiro atoms. The van der Waals surface area contributed by atoms with E-state index in [1.165, 1.54) is 12.5 Å². The van der Waals surface area contributed by atoms with E-state index in [1.807, 2.05) is 29.8 Å². The van der Waals surface area contributed by atoms with Gasteiger partial charge in [-0.25, -0.2) is 0 Å². The van der Waals surface area contributed by atoms with Gasteiger partial charge in [0.2, 0.25) is 0 Å². The van der Waals surface area contributed by atoms with Gasteiger partial charge in [0.25, 0.3) is 0 Å². The van der Waals surface area contributed by atoms with Crippen LogP contribution in [0.4, 0.5) is 5.69 Å². The molecule has 1 N–H and O–H groups in total. The fraction of sp³-hybridized carbons (Fsp3) is 0.227. The molecular weight excluding hydrogens is 336 g/mol. The molecule has 1 heterocycles. The zero-order valence-corrected chi connectivity index (χ0v) is 15.8. The molecule has 0 aliphatic rings. The highest BCUT2D eigenvalue weighted by Crippen LogP contribution is 2.21. The highest BCUT2D eigenvalue weighted by atomic mass is 16.1. The van der Waals surface area contributed by atoms with Crippen molar-refractivity contribution in [2.45, 2.75) is 33.9 Å². The Morgan fingerprint density at radius 3 is 2.59 bits per heavy atom. The molecule has 3 aromatic rings. The van der Waals surface area contributed by atoms with Gasteiger partial charge in [0.15, 0.2) is 5.78 Å². The minimum Gasteiger partial charge on any atom is -0.380 e. The summed E-state index contributed by atoms with van der Waals surface area (Å²) in [7, 11) is 0. The number of nitrogens with zero attached hydrogens (tertiary/aromatic N) is 3. The minimum atomic E-state index is -0.0226. The molecule has 3 rings (SSSR count). The number of benzene rings is 2. The molecule has 5 nitrogen and oxygen atoms in total. The van der Waals surface area contributed by atoms with Crippen molar-refractivity contribution in [1.82, 2.24) is 9.78 Å². The largest absolute Gasteiger partial charge is 0.380 e. The summed E-state index contributed by atoms with van der Waals surface area (Å²) in [6, 6.07) is 17.5. The molecule has 0 saturated heterocycles. The fourth-order valence-electron chi connectivity index (χ4n) is 3.09. The van der Waals surface area contributed by atoms with E-state index < -0.39 is 0 Å². The molecule has 5 heteroatoms. The zero-order valence-electron chi connectivity index (χ0n) is 15.8. The van der Waals surface area contributed by atoms with Crippen molar-refractivity contribution in [2.24, 2.45) is 0 Å². The highest BCUT2D eigenvalue weighted by Gasteiger charge is 2.13. The fourth-order valence-corrected chi connectivity index (χ4v) is 3.09. The molecule has 0 amide bonds. The number of ketones is 1. The van der Waals surface area contributed by atoms with Crippen LogP contribution in [0.1, 0.15) is 45.4 Å². The standard InChI is InChI=1S/C22H22N4O/c1-15-21(16(2)26(25-15)14-18-7-5-4-6-8-18)13-24-22-11-19(17(3)27)9-10-20(22)12-23/h4-11,24H,13-14H2,1-3H3. The van der Waals surface area contributed by atoms with Crippen molar-refractivity contribution in [1.29, 1.82) is 5.26 Å². The van der Waals surface area contributed by atoms with Gasteiger partial charge in [-0.2, -0.15) is 10.4 Å². The van der Waals surface area contributed by atoms with Crippen LogP contribution in [0.15, 0.2) is 48.5 Å². The summed E-state index contributed by atoms with van der Waals surface area (Å²) < 4.78 is 2.00. The molecule has 2 aromatic carbocycles. The molecule has 0 unspecified atom stereocenters. The smallest absolute Gasteiger partial charge is 0.159 e. The summed E-state index contributed by atoms with van der Waals surface area (Å²) in [5, 5.41) is 17.3. The van der Waals surface area contributed by atoms with Crippen LogP contribution in [-0.4, -0.2) is 15.6 Å². The number of nitrogens with one attached hydrogen (secondary N) is 1. The normalized spacial score (nSPS) is 10.4. The Kier molecular flexibility index (Phi) is 5.37. The molecule has 0 fully saturated rings. The Labute approximate surface area is 159 Å². The number of Topliss-reactive ketones (excluding diaryl/α,β-unsaturated/α-hetero) is 1. The van der Waals surface area contributed by atoms with E-state index in [0.29, 0.717) is 23.4 Å². The number of carbonyl (C=O) groups excluding carboxylic acids is 1. The summed E-state index contributed by atoms with van der Waals surface area (Å²) in [5.41, 5.74) is 6.12. The van der Waals surface area contributed by atoms with Gasteiger partial charge >= 0.3 is 0 Å². The predicted octanol–water partition coefficient (Wildman–Crippen LogP) is 4.23. The number of aromatic nitrogens is 2. The molecule has 0 atom stereocenters. The van der Waals surface area contributed by atoms with Crippen LogP contribution < -0.4 is 5.32 Å². The number of aryl methyl sites for hydroxylation is 1. The lowest BCUT2D eigenvalue weighted by molar-refractivity contribution is 0.101. The summed E-state index contributed by atoms with van der Waals surface area (Å²) in [4.78, 5) is 11.6. The molecule has 0 aliphatic carbocycles. The lowest BCUT2D eigenvalue weighted by Crippen LogP contribution is -2.07. The SMILES string of the molecule is CC(=O)c1ccc(C#N)c(NCc2c(C)nn(Cc3ccccc3)c2C)c1. The predicted molar refractivity (Wildman–Crippen MR) is 106 cm³/mol. The number of nitriles is 1. The average molecular weight is 358 g/mol. The molecule has 27 heavy (non-hydrogen) atoms. The van der Waals surface area contributed by atoms with Gasteiger partial charge in [-0.05, 0) is 44.5 Å².